The van der Waals surface area contributed by atoms with E-state index in [0.29, 0.717) is 48.1 Å². The van der Waals surface area contributed by atoms with E-state index in [2.05, 4.69) is 15.0 Å². The molecule has 2 amide bonds. The number of aromatic nitrogens is 2. The Morgan fingerprint density at radius 2 is 1.86 bits per heavy atom. The summed E-state index contributed by atoms with van der Waals surface area (Å²) in [5.41, 5.74) is 3.89. The van der Waals surface area contributed by atoms with Gasteiger partial charge in [-0.3, -0.25) is 19.3 Å². The van der Waals surface area contributed by atoms with E-state index < -0.39 is 16.1 Å². The van der Waals surface area contributed by atoms with E-state index in [1.54, 1.807) is 35.4 Å². The molecule has 2 aliphatic heterocycles. The van der Waals surface area contributed by atoms with Gasteiger partial charge in [0.25, 0.3) is 5.91 Å². The van der Waals surface area contributed by atoms with Gasteiger partial charge in [0.05, 0.1) is 11.9 Å². The van der Waals surface area contributed by atoms with Crippen molar-refractivity contribution in [3.8, 4) is 17.1 Å². The molecule has 1 spiro atoms. The van der Waals surface area contributed by atoms with Crippen LogP contribution in [-0.4, -0.2) is 53.5 Å². The third-order valence-corrected chi connectivity index (χ3v) is 8.00. The first kappa shape index (κ1) is 23.5. The molecule has 37 heavy (non-hydrogen) atoms. The van der Waals surface area contributed by atoms with E-state index in [9.17, 15) is 18.0 Å². The Morgan fingerprint density at radius 1 is 1.14 bits per heavy atom. The number of rotatable bonds is 5. The molecule has 6 rings (SSSR count). The summed E-state index contributed by atoms with van der Waals surface area (Å²) in [5.74, 6) is 0.240. The molecule has 4 heterocycles. The van der Waals surface area contributed by atoms with E-state index >= 15 is 0 Å². The fraction of sp³-hybridized carbons (Fsp3) is 0.346. The number of nitrogens with one attached hydrogen (secondary N) is 2. The number of fused-ring (bicyclic) bond motifs is 3. The third kappa shape index (κ3) is 4.33. The Morgan fingerprint density at radius 3 is 2.57 bits per heavy atom. The van der Waals surface area contributed by atoms with Crippen molar-refractivity contribution in [2.45, 2.75) is 31.9 Å². The number of ether oxygens (including phenoxy) is 1. The number of benzene rings is 1. The van der Waals surface area contributed by atoms with Gasteiger partial charge >= 0.3 is 0 Å². The molecule has 1 atom stereocenters. The zero-order chi connectivity index (χ0) is 25.9. The molecule has 1 saturated carbocycles. The van der Waals surface area contributed by atoms with Gasteiger partial charge in [0.1, 0.15) is 29.8 Å². The predicted molar refractivity (Wildman–Crippen MR) is 138 cm³/mol. The van der Waals surface area contributed by atoms with Crippen LogP contribution < -0.4 is 14.8 Å². The minimum absolute atomic E-state index is 0.00295. The molecular weight excluding hydrogens is 494 g/mol. The lowest BCUT2D eigenvalue weighted by atomic mass is 10.0. The van der Waals surface area contributed by atoms with Gasteiger partial charge in [-0.2, -0.15) is 0 Å². The number of carbonyl (C=O) groups is 2. The summed E-state index contributed by atoms with van der Waals surface area (Å²) in [7, 11) is -1.54. The van der Waals surface area contributed by atoms with Crippen molar-refractivity contribution in [2.75, 3.05) is 22.8 Å². The second-order valence-corrected chi connectivity index (χ2v) is 11.9. The molecule has 1 saturated heterocycles. The maximum atomic E-state index is 13.9. The van der Waals surface area contributed by atoms with E-state index in [-0.39, 0.29) is 17.2 Å². The lowest BCUT2D eigenvalue weighted by Gasteiger charge is -2.24. The molecule has 2 fully saturated rings. The van der Waals surface area contributed by atoms with Gasteiger partial charge in [0, 0.05) is 36.7 Å². The predicted octanol–water partition coefficient (Wildman–Crippen LogP) is 2.98. The number of pyridine rings is 1. The Labute approximate surface area is 214 Å². The first-order valence-corrected chi connectivity index (χ1v) is 14.0. The molecule has 3 aromatic rings. The van der Waals surface area contributed by atoms with Crippen LogP contribution in [0.4, 0.5) is 11.4 Å². The number of carbonyl (C=O) groups excluding carboxylic acids is 2. The largest absolute Gasteiger partial charge is 0.486 e. The van der Waals surface area contributed by atoms with Crippen LogP contribution in [0.15, 0.2) is 48.7 Å². The van der Waals surface area contributed by atoms with Crippen LogP contribution in [-0.2, 0) is 28.5 Å². The van der Waals surface area contributed by atoms with Gasteiger partial charge < -0.3 is 19.5 Å². The summed E-state index contributed by atoms with van der Waals surface area (Å²) in [5, 5.41) is 2.91. The lowest BCUT2D eigenvalue weighted by molar-refractivity contribution is -0.119. The number of hydrogen-bond acceptors (Lipinski definition) is 6. The highest BCUT2D eigenvalue weighted by Crippen LogP contribution is 2.55. The number of likely N-dealkylation sites (tertiary alicyclic amines) is 1. The summed E-state index contributed by atoms with van der Waals surface area (Å²) < 4.78 is 33.0. The van der Waals surface area contributed by atoms with Gasteiger partial charge in [-0.05, 0) is 67.1 Å². The molecular formula is C26H27N5O5S. The van der Waals surface area contributed by atoms with Crippen LogP contribution in [0, 0.1) is 5.41 Å². The average Bonchev–Trinajstić information content (AvgIpc) is 3.37. The maximum absolute atomic E-state index is 13.9. The lowest BCUT2D eigenvalue weighted by Crippen LogP contribution is -2.43. The van der Waals surface area contributed by atoms with Crippen molar-refractivity contribution in [2.24, 2.45) is 12.5 Å². The second kappa shape index (κ2) is 8.34. The highest BCUT2D eigenvalue weighted by atomic mass is 32.2. The average molecular weight is 522 g/mol. The number of nitrogens with zero attached hydrogens (tertiary/aromatic N) is 3. The molecule has 3 aliphatic rings. The van der Waals surface area contributed by atoms with Gasteiger partial charge in [-0.25, -0.2) is 8.42 Å². The number of amides is 2. The second-order valence-electron chi connectivity index (χ2n) is 10.2. The molecule has 192 valence electrons. The zero-order valence-corrected chi connectivity index (χ0v) is 21.3. The number of anilines is 2. The molecule has 1 aromatic carbocycles. The Balaban J connectivity index is 1.25. The van der Waals surface area contributed by atoms with Gasteiger partial charge in [-0.1, -0.05) is 0 Å². The number of hydrogen-bond donors (Lipinski definition) is 2. The molecule has 0 bridgehead atoms. The third-order valence-electron chi connectivity index (χ3n) is 7.39. The molecule has 10 nitrogen and oxygen atoms in total. The first-order valence-electron chi connectivity index (χ1n) is 12.1. The quantitative estimate of drug-likeness (QED) is 0.532. The highest BCUT2D eigenvalue weighted by Gasteiger charge is 2.55. The van der Waals surface area contributed by atoms with Crippen molar-refractivity contribution in [1.82, 2.24) is 14.5 Å². The first-order chi connectivity index (χ1) is 17.6. The van der Waals surface area contributed by atoms with Crippen molar-refractivity contribution < 1.29 is 22.7 Å². The maximum Gasteiger partial charge on any atom is 0.271 e. The van der Waals surface area contributed by atoms with Gasteiger partial charge in [-0.15, -0.1) is 0 Å². The molecule has 1 aliphatic carbocycles. The Kier molecular flexibility index (Phi) is 5.30. The van der Waals surface area contributed by atoms with Crippen LogP contribution in [0.1, 0.15) is 35.3 Å². The van der Waals surface area contributed by atoms with Gasteiger partial charge in [0.15, 0.2) is 0 Å². The van der Waals surface area contributed by atoms with Crippen LogP contribution in [0.3, 0.4) is 0 Å². The number of sulfonamides is 1. The van der Waals surface area contributed by atoms with Crippen molar-refractivity contribution >= 4 is 33.2 Å². The molecule has 2 aromatic heterocycles. The van der Waals surface area contributed by atoms with Crippen LogP contribution in [0.2, 0.25) is 0 Å². The summed E-state index contributed by atoms with van der Waals surface area (Å²) in [6, 6.07) is 11.4. The van der Waals surface area contributed by atoms with Crippen molar-refractivity contribution in [1.29, 1.82) is 0 Å². The van der Waals surface area contributed by atoms with Gasteiger partial charge in [0.2, 0.25) is 15.9 Å². The van der Waals surface area contributed by atoms with Crippen molar-refractivity contribution in [3.05, 3.63) is 59.9 Å². The molecule has 11 heteroatoms. The van der Waals surface area contributed by atoms with Crippen molar-refractivity contribution in [3.63, 3.8) is 0 Å². The van der Waals surface area contributed by atoms with E-state index in [4.69, 9.17) is 4.74 Å². The summed E-state index contributed by atoms with van der Waals surface area (Å²) in [6.07, 6.45) is 5.40. The molecule has 2 N–H and O–H groups in total. The monoisotopic (exact) mass is 521 g/mol. The Hall–Kier alpha value is -3.86. The molecule has 0 radical (unpaired) electrons. The summed E-state index contributed by atoms with van der Waals surface area (Å²) in [4.78, 5) is 33.4. The summed E-state index contributed by atoms with van der Waals surface area (Å²) in [6.45, 7) is 0.898. The molecule has 0 unspecified atom stereocenters. The SMILES string of the molecule is Cn1c(C(=O)N2CC3(CC3)C[C@@H]2C(=O)Nc2ccc(NS(C)(=O)=O)cc2)cc2c1-c1ncccc1OC2. The normalized spacial score (nSPS) is 19.1. The van der Waals surface area contributed by atoms with Crippen LogP contribution >= 0.6 is 0 Å². The topological polar surface area (TPSA) is 123 Å². The highest BCUT2D eigenvalue weighted by molar-refractivity contribution is 7.92. The smallest absolute Gasteiger partial charge is 0.271 e. The minimum Gasteiger partial charge on any atom is -0.486 e. The van der Waals surface area contributed by atoms with Crippen LogP contribution in [0.5, 0.6) is 5.75 Å². The van der Waals surface area contributed by atoms with E-state index in [0.717, 1.165) is 30.4 Å². The fourth-order valence-electron chi connectivity index (χ4n) is 5.38. The summed E-state index contributed by atoms with van der Waals surface area (Å²) >= 11 is 0. The fourth-order valence-corrected chi connectivity index (χ4v) is 5.95. The van der Waals surface area contributed by atoms with Crippen LogP contribution in [0.25, 0.3) is 11.4 Å². The minimum atomic E-state index is -3.39. The Bertz CT molecular complexity index is 1530. The zero-order valence-electron chi connectivity index (χ0n) is 20.5. The standard InChI is InChI=1S/C26H27N5O5S/c1-30-19(12-16-14-36-21-4-3-11-27-22(21)23(16)30)25(33)31-15-26(9-10-26)13-20(31)24(32)28-17-5-7-18(8-6-17)29-37(2,34)35/h3-8,11-12,20,29H,9-10,13-15H2,1-2H3,(H,28,32)/t20-/m1/s1. The van der Waals surface area contributed by atoms with E-state index in [1.165, 1.54) is 0 Å². The van der Waals surface area contributed by atoms with E-state index in [1.807, 2.05) is 29.8 Å².